The molecule has 9 heteroatoms. The average Bonchev–Trinajstić information content (AvgIpc) is 2.96. The third kappa shape index (κ3) is 5.38. The highest BCUT2D eigenvalue weighted by Crippen LogP contribution is 2.38. The van der Waals surface area contributed by atoms with Crippen molar-refractivity contribution in [2.75, 3.05) is 16.9 Å². The minimum Gasteiger partial charge on any atom is -0.493 e. The van der Waals surface area contributed by atoms with E-state index in [9.17, 15) is 14.0 Å². The largest absolute Gasteiger partial charge is 0.493 e. The second kappa shape index (κ2) is 11.8. The zero-order valence-corrected chi connectivity index (χ0v) is 23.6. The Balaban J connectivity index is 1.55. The van der Waals surface area contributed by atoms with Gasteiger partial charge in [-0.15, -0.1) is 0 Å². The molecule has 200 valence electrons. The van der Waals surface area contributed by atoms with Gasteiger partial charge in [0.2, 0.25) is 0 Å². The van der Waals surface area contributed by atoms with Crippen LogP contribution in [0.25, 0.3) is 6.08 Å². The fraction of sp³-hybridized carbons (Fsp3) is 0.0645. The minimum absolute atomic E-state index is 0.0193. The van der Waals surface area contributed by atoms with Gasteiger partial charge in [-0.05, 0) is 82.3 Å². The molecule has 6 nitrogen and oxygen atoms in total. The number of para-hydroxylation sites is 2. The van der Waals surface area contributed by atoms with E-state index in [0.29, 0.717) is 38.5 Å². The van der Waals surface area contributed by atoms with Crippen LogP contribution in [0.2, 0.25) is 0 Å². The van der Waals surface area contributed by atoms with Gasteiger partial charge in [-0.1, -0.05) is 54.6 Å². The lowest BCUT2D eigenvalue weighted by molar-refractivity contribution is -0.120. The van der Waals surface area contributed by atoms with E-state index in [-0.39, 0.29) is 23.1 Å². The lowest BCUT2D eigenvalue weighted by atomic mass is 10.0. The maximum atomic E-state index is 14.1. The Labute approximate surface area is 244 Å². The Bertz CT molecular complexity index is 1570. The molecule has 1 saturated heterocycles. The van der Waals surface area contributed by atoms with Crippen molar-refractivity contribution in [1.29, 1.82) is 0 Å². The van der Waals surface area contributed by atoms with Gasteiger partial charge in [0.25, 0.3) is 11.8 Å². The monoisotopic (exact) mass is 616 g/mol. The molecule has 4 aromatic rings. The summed E-state index contributed by atoms with van der Waals surface area (Å²) in [7, 11) is 1.47. The van der Waals surface area contributed by atoms with E-state index in [2.05, 4.69) is 15.9 Å². The molecule has 0 saturated carbocycles. The maximum Gasteiger partial charge on any atom is 0.270 e. The van der Waals surface area contributed by atoms with Gasteiger partial charge in [-0.2, -0.15) is 0 Å². The summed E-state index contributed by atoms with van der Waals surface area (Å²) in [6.07, 6.45) is 1.49. The number of nitrogens with zero attached hydrogens (tertiary/aromatic N) is 2. The van der Waals surface area contributed by atoms with E-state index in [4.69, 9.17) is 21.7 Å². The highest BCUT2D eigenvalue weighted by atomic mass is 79.9. The van der Waals surface area contributed by atoms with E-state index in [1.54, 1.807) is 78.9 Å². The maximum absolute atomic E-state index is 14.1. The van der Waals surface area contributed by atoms with Gasteiger partial charge in [-0.3, -0.25) is 19.4 Å². The van der Waals surface area contributed by atoms with Crippen LogP contribution in [-0.2, 0) is 16.2 Å². The topological polar surface area (TPSA) is 59.1 Å². The molecular formula is C31H22BrFN2O4S. The zero-order valence-electron chi connectivity index (χ0n) is 21.2. The first-order chi connectivity index (χ1) is 19.4. The van der Waals surface area contributed by atoms with Gasteiger partial charge >= 0.3 is 0 Å². The van der Waals surface area contributed by atoms with Crippen molar-refractivity contribution in [2.45, 2.75) is 6.61 Å². The lowest BCUT2D eigenvalue weighted by Crippen LogP contribution is -2.56. The van der Waals surface area contributed by atoms with Gasteiger partial charge in [0.1, 0.15) is 18.0 Å². The Kier molecular flexibility index (Phi) is 8.04. The van der Waals surface area contributed by atoms with Crippen LogP contribution in [0, 0.1) is 5.82 Å². The summed E-state index contributed by atoms with van der Waals surface area (Å²) in [6.45, 7) is -0.0193. The molecule has 1 aliphatic heterocycles. The van der Waals surface area contributed by atoms with Gasteiger partial charge in [0.15, 0.2) is 16.6 Å². The van der Waals surface area contributed by atoms with Crippen LogP contribution in [0.3, 0.4) is 0 Å². The van der Waals surface area contributed by atoms with Crippen LogP contribution in [-0.4, -0.2) is 24.0 Å². The fourth-order valence-corrected chi connectivity index (χ4v) is 5.19. The van der Waals surface area contributed by atoms with Crippen molar-refractivity contribution in [1.82, 2.24) is 0 Å². The molecule has 0 radical (unpaired) electrons. The summed E-state index contributed by atoms with van der Waals surface area (Å²) in [6, 6.07) is 27.5. The Morgan fingerprint density at radius 2 is 1.40 bits per heavy atom. The van der Waals surface area contributed by atoms with Crippen LogP contribution in [0.5, 0.6) is 11.5 Å². The highest BCUT2D eigenvalue weighted by Gasteiger charge is 2.41. The van der Waals surface area contributed by atoms with Crippen LogP contribution in [0.15, 0.2) is 107 Å². The summed E-state index contributed by atoms with van der Waals surface area (Å²) in [5.41, 5.74) is 1.88. The standard InChI is InChI=1S/C31H22BrFN2O4S/c1-38-27-18-20(17-25(32)28(27)39-19-21-10-8-9-15-26(21)33)16-24-29(36)34(22-11-4-2-5-12-22)31(40)35(30(24)37)23-13-6-3-7-14-23/h2-18H,19H2,1H3. The Morgan fingerprint density at radius 3 is 1.95 bits per heavy atom. The van der Waals surface area contributed by atoms with Crippen molar-refractivity contribution in [2.24, 2.45) is 0 Å². The van der Waals surface area contributed by atoms with Crippen LogP contribution < -0.4 is 19.3 Å². The third-order valence-corrected chi connectivity index (χ3v) is 7.13. The molecule has 0 bridgehead atoms. The lowest BCUT2D eigenvalue weighted by Gasteiger charge is -2.36. The van der Waals surface area contributed by atoms with Crippen LogP contribution in [0.1, 0.15) is 11.1 Å². The molecule has 2 amide bonds. The predicted octanol–water partition coefficient (Wildman–Crippen LogP) is 6.92. The number of thiocarbonyl (C=S) groups is 1. The normalized spacial score (nSPS) is 13.5. The SMILES string of the molecule is COc1cc(C=C2C(=O)N(c3ccccc3)C(=S)N(c3ccccc3)C2=O)cc(Br)c1OCc1ccccc1F. The summed E-state index contributed by atoms with van der Waals surface area (Å²) < 4.78 is 26.0. The zero-order chi connectivity index (χ0) is 28.2. The molecule has 1 heterocycles. The molecule has 1 fully saturated rings. The van der Waals surface area contributed by atoms with Gasteiger partial charge in [0, 0.05) is 5.56 Å². The van der Waals surface area contributed by atoms with Gasteiger partial charge < -0.3 is 9.47 Å². The van der Waals surface area contributed by atoms with E-state index in [1.807, 2.05) is 12.1 Å². The third-order valence-electron chi connectivity index (χ3n) is 6.17. The quantitative estimate of drug-likeness (QED) is 0.128. The molecule has 0 N–H and O–H groups in total. The van der Waals surface area contributed by atoms with E-state index in [1.165, 1.54) is 29.1 Å². The van der Waals surface area contributed by atoms with Crippen molar-refractivity contribution < 1.29 is 23.5 Å². The molecule has 0 aliphatic carbocycles. The van der Waals surface area contributed by atoms with Crippen molar-refractivity contribution in [3.8, 4) is 11.5 Å². The van der Waals surface area contributed by atoms with E-state index < -0.39 is 11.8 Å². The van der Waals surface area contributed by atoms with Gasteiger partial charge in [0.05, 0.1) is 23.0 Å². The van der Waals surface area contributed by atoms with Gasteiger partial charge in [-0.25, -0.2) is 4.39 Å². The molecule has 0 atom stereocenters. The van der Waals surface area contributed by atoms with Crippen LogP contribution in [0.4, 0.5) is 15.8 Å². The summed E-state index contributed by atoms with van der Waals surface area (Å²) in [4.78, 5) is 30.2. The number of benzene rings is 4. The van der Waals surface area contributed by atoms with E-state index >= 15 is 0 Å². The molecular weight excluding hydrogens is 595 g/mol. The van der Waals surface area contributed by atoms with E-state index in [0.717, 1.165) is 0 Å². The Hall–Kier alpha value is -4.34. The van der Waals surface area contributed by atoms with Crippen molar-refractivity contribution in [3.05, 3.63) is 124 Å². The molecule has 5 rings (SSSR count). The number of halogens is 2. The Morgan fingerprint density at radius 1 is 0.850 bits per heavy atom. The van der Waals surface area contributed by atoms with Crippen molar-refractivity contribution in [3.63, 3.8) is 0 Å². The second-order valence-corrected chi connectivity index (χ2v) is 9.93. The predicted molar refractivity (Wildman–Crippen MR) is 160 cm³/mol. The molecule has 0 unspecified atom stereocenters. The minimum atomic E-state index is -0.552. The molecule has 4 aromatic carbocycles. The fourth-order valence-electron chi connectivity index (χ4n) is 4.23. The number of ether oxygens (including phenoxy) is 2. The number of hydrogen-bond donors (Lipinski definition) is 0. The van der Waals surface area contributed by atoms with Crippen LogP contribution >= 0.6 is 28.1 Å². The number of methoxy groups -OCH3 is 1. The summed E-state index contributed by atoms with van der Waals surface area (Å²) in [5.74, 6) is -0.792. The smallest absolute Gasteiger partial charge is 0.270 e. The number of hydrogen-bond acceptors (Lipinski definition) is 5. The number of anilines is 2. The second-order valence-electron chi connectivity index (χ2n) is 8.71. The molecule has 1 aliphatic rings. The average molecular weight is 617 g/mol. The first-order valence-electron chi connectivity index (χ1n) is 12.2. The first-order valence-corrected chi connectivity index (χ1v) is 13.4. The number of carbonyl (C=O) groups excluding carboxylic acids is 2. The first kappa shape index (κ1) is 27.2. The summed E-state index contributed by atoms with van der Waals surface area (Å²) >= 11 is 9.15. The highest BCUT2D eigenvalue weighted by molar-refractivity contribution is 9.10. The van der Waals surface area contributed by atoms with Crippen molar-refractivity contribution >= 4 is 62.5 Å². The molecule has 40 heavy (non-hydrogen) atoms. The molecule has 0 aromatic heterocycles. The summed E-state index contributed by atoms with van der Waals surface area (Å²) in [5, 5.41) is 0.0557. The number of carbonyl (C=O) groups is 2. The molecule has 0 spiro atoms. The number of amides is 2. The number of rotatable bonds is 7.